The van der Waals surface area contributed by atoms with E-state index in [1.165, 1.54) is 37.8 Å². The van der Waals surface area contributed by atoms with Gasteiger partial charge in [0.1, 0.15) is 0 Å². The molecule has 1 N–H and O–H groups in total. The molecule has 1 unspecified atom stereocenters. The van der Waals surface area contributed by atoms with Crippen molar-refractivity contribution in [3.8, 4) is 0 Å². The van der Waals surface area contributed by atoms with Gasteiger partial charge in [0.25, 0.3) is 0 Å². The third-order valence-electron chi connectivity index (χ3n) is 3.86. The van der Waals surface area contributed by atoms with Crippen LogP contribution in [-0.4, -0.2) is 47.4 Å². The molecule has 1 aromatic rings. The Bertz CT molecular complexity index is 347. The van der Waals surface area contributed by atoms with Gasteiger partial charge < -0.3 is 10.2 Å². The first-order valence-electron chi connectivity index (χ1n) is 7.16. The highest BCUT2D eigenvalue weighted by Gasteiger charge is 2.17. The van der Waals surface area contributed by atoms with Gasteiger partial charge in [-0.05, 0) is 51.9 Å². The highest BCUT2D eigenvalue weighted by Crippen LogP contribution is 2.16. The zero-order chi connectivity index (χ0) is 12.8. The third kappa shape index (κ3) is 4.10. The molecular weight excluding hydrogens is 224 g/mol. The Hall–Kier alpha value is -0.870. The second-order valence-corrected chi connectivity index (χ2v) is 5.45. The fourth-order valence-corrected chi connectivity index (χ4v) is 2.69. The second-order valence-electron chi connectivity index (χ2n) is 5.45. The molecule has 0 spiro atoms. The number of nitrogens with zero attached hydrogens (tertiary/aromatic N) is 3. The zero-order valence-electron chi connectivity index (χ0n) is 11.7. The van der Waals surface area contributed by atoms with E-state index in [4.69, 9.17) is 0 Å². The van der Waals surface area contributed by atoms with Crippen LogP contribution in [0.4, 0.5) is 0 Å². The van der Waals surface area contributed by atoms with Gasteiger partial charge in [-0.1, -0.05) is 6.42 Å². The van der Waals surface area contributed by atoms with E-state index in [1.807, 2.05) is 10.9 Å². The fourth-order valence-electron chi connectivity index (χ4n) is 2.69. The number of hydrogen-bond donors (Lipinski definition) is 1. The van der Waals surface area contributed by atoms with E-state index in [1.54, 1.807) is 0 Å². The molecular formula is C14H26N4. The van der Waals surface area contributed by atoms with Gasteiger partial charge in [-0.3, -0.25) is 4.68 Å². The predicted octanol–water partition coefficient (Wildman–Crippen LogP) is 1.66. The molecule has 4 nitrogen and oxygen atoms in total. The van der Waals surface area contributed by atoms with Crippen LogP contribution in [0.5, 0.6) is 0 Å². The lowest BCUT2D eigenvalue weighted by Crippen LogP contribution is -2.38. The molecule has 18 heavy (non-hydrogen) atoms. The van der Waals surface area contributed by atoms with Crippen molar-refractivity contribution in [3.05, 3.63) is 18.0 Å². The first kappa shape index (κ1) is 13.6. The smallest absolute Gasteiger partial charge is 0.0534 e. The van der Waals surface area contributed by atoms with Crippen LogP contribution in [0.3, 0.4) is 0 Å². The van der Waals surface area contributed by atoms with Gasteiger partial charge in [-0.2, -0.15) is 5.10 Å². The Morgan fingerprint density at radius 1 is 1.39 bits per heavy atom. The summed E-state index contributed by atoms with van der Waals surface area (Å²) in [6.07, 6.45) is 9.43. The standard InChI is InChI=1S/C14H26N4/c1-13-11-16-18(12-13)10-8-15-7-6-14-5-3-4-9-17(14)2/h11-12,14-15H,3-10H2,1-2H3. The van der Waals surface area contributed by atoms with E-state index >= 15 is 0 Å². The Balaban J connectivity index is 1.55. The molecule has 4 heteroatoms. The van der Waals surface area contributed by atoms with Crippen molar-refractivity contribution in [2.45, 2.75) is 45.2 Å². The van der Waals surface area contributed by atoms with Crippen LogP contribution in [0.1, 0.15) is 31.2 Å². The van der Waals surface area contributed by atoms with E-state index in [-0.39, 0.29) is 0 Å². The fraction of sp³-hybridized carbons (Fsp3) is 0.786. The van der Waals surface area contributed by atoms with Crippen molar-refractivity contribution < 1.29 is 0 Å². The number of likely N-dealkylation sites (tertiary alicyclic amines) is 1. The van der Waals surface area contributed by atoms with Gasteiger partial charge >= 0.3 is 0 Å². The van der Waals surface area contributed by atoms with Gasteiger partial charge in [0, 0.05) is 18.8 Å². The molecule has 1 fully saturated rings. The van der Waals surface area contributed by atoms with Crippen LogP contribution in [0, 0.1) is 6.92 Å². The van der Waals surface area contributed by atoms with Crippen LogP contribution in [0.15, 0.2) is 12.4 Å². The maximum atomic E-state index is 4.28. The average molecular weight is 250 g/mol. The van der Waals surface area contributed by atoms with E-state index in [0.29, 0.717) is 0 Å². The van der Waals surface area contributed by atoms with Crippen molar-refractivity contribution in [3.63, 3.8) is 0 Å². The molecule has 0 aromatic carbocycles. The summed E-state index contributed by atoms with van der Waals surface area (Å²) < 4.78 is 2.01. The lowest BCUT2D eigenvalue weighted by atomic mass is 10.0. The maximum absolute atomic E-state index is 4.28. The highest BCUT2D eigenvalue weighted by molar-refractivity contribution is 4.99. The van der Waals surface area contributed by atoms with Crippen molar-refractivity contribution >= 4 is 0 Å². The molecule has 0 bridgehead atoms. The van der Waals surface area contributed by atoms with E-state index in [0.717, 1.165) is 25.7 Å². The molecule has 2 heterocycles. The first-order chi connectivity index (χ1) is 8.75. The molecule has 1 aliphatic rings. The lowest BCUT2D eigenvalue weighted by molar-refractivity contribution is 0.175. The first-order valence-corrected chi connectivity index (χ1v) is 7.16. The molecule has 0 amide bonds. The molecule has 1 aromatic heterocycles. The number of hydrogen-bond acceptors (Lipinski definition) is 3. The largest absolute Gasteiger partial charge is 0.315 e. The quantitative estimate of drug-likeness (QED) is 0.779. The molecule has 1 saturated heterocycles. The molecule has 0 radical (unpaired) electrons. The van der Waals surface area contributed by atoms with Crippen LogP contribution in [0.25, 0.3) is 0 Å². The van der Waals surface area contributed by atoms with E-state index in [2.05, 4.69) is 35.5 Å². The molecule has 0 aliphatic carbocycles. The molecule has 102 valence electrons. The van der Waals surface area contributed by atoms with Crippen molar-refractivity contribution in [1.82, 2.24) is 20.0 Å². The zero-order valence-corrected chi connectivity index (χ0v) is 11.7. The number of aromatic nitrogens is 2. The van der Waals surface area contributed by atoms with E-state index in [9.17, 15) is 0 Å². The number of nitrogens with one attached hydrogen (secondary N) is 1. The number of rotatable bonds is 6. The summed E-state index contributed by atoms with van der Waals surface area (Å²) in [5.41, 5.74) is 1.24. The average Bonchev–Trinajstić information content (AvgIpc) is 2.77. The summed E-state index contributed by atoms with van der Waals surface area (Å²) >= 11 is 0. The summed E-state index contributed by atoms with van der Waals surface area (Å²) in [7, 11) is 2.26. The second kappa shape index (κ2) is 6.90. The minimum absolute atomic E-state index is 0.790. The third-order valence-corrected chi connectivity index (χ3v) is 3.86. The van der Waals surface area contributed by atoms with Crippen LogP contribution in [-0.2, 0) is 6.54 Å². The van der Waals surface area contributed by atoms with Crippen molar-refractivity contribution in [2.75, 3.05) is 26.7 Å². The summed E-state index contributed by atoms with van der Waals surface area (Å²) in [4.78, 5) is 2.52. The highest BCUT2D eigenvalue weighted by atomic mass is 15.3. The lowest BCUT2D eigenvalue weighted by Gasteiger charge is -2.32. The van der Waals surface area contributed by atoms with Gasteiger partial charge in [-0.25, -0.2) is 0 Å². The molecule has 0 saturated carbocycles. The molecule has 1 aliphatic heterocycles. The van der Waals surface area contributed by atoms with Crippen LogP contribution in [0.2, 0.25) is 0 Å². The van der Waals surface area contributed by atoms with Crippen LogP contribution >= 0.6 is 0 Å². The minimum Gasteiger partial charge on any atom is -0.315 e. The maximum Gasteiger partial charge on any atom is 0.0534 e. The topological polar surface area (TPSA) is 33.1 Å². The van der Waals surface area contributed by atoms with Crippen molar-refractivity contribution in [1.29, 1.82) is 0 Å². The Morgan fingerprint density at radius 2 is 2.28 bits per heavy atom. The Labute approximate surface area is 110 Å². The summed E-state index contributed by atoms with van der Waals surface area (Å²) in [5.74, 6) is 0. The summed E-state index contributed by atoms with van der Waals surface area (Å²) in [6.45, 7) is 6.45. The van der Waals surface area contributed by atoms with Gasteiger partial charge in [0.2, 0.25) is 0 Å². The monoisotopic (exact) mass is 250 g/mol. The summed E-state index contributed by atoms with van der Waals surface area (Å²) in [6, 6.07) is 0.790. The number of piperidine rings is 1. The van der Waals surface area contributed by atoms with Gasteiger partial charge in [-0.15, -0.1) is 0 Å². The van der Waals surface area contributed by atoms with E-state index < -0.39 is 0 Å². The Morgan fingerprint density at radius 3 is 3.00 bits per heavy atom. The van der Waals surface area contributed by atoms with Gasteiger partial charge in [0.05, 0.1) is 12.7 Å². The SMILES string of the molecule is Cc1cnn(CCNCCC2CCCCN2C)c1. The summed E-state index contributed by atoms with van der Waals surface area (Å²) in [5, 5.41) is 7.81. The van der Waals surface area contributed by atoms with Gasteiger partial charge in [0.15, 0.2) is 0 Å². The molecule has 2 rings (SSSR count). The van der Waals surface area contributed by atoms with Crippen LogP contribution < -0.4 is 5.32 Å². The predicted molar refractivity (Wildman–Crippen MR) is 74.7 cm³/mol. The normalized spacial score (nSPS) is 21.3. The number of aryl methyl sites for hydroxylation is 1. The minimum atomic E-state index is 0.790. The Kier molecular flexibility index (Phi) is 5.20. The molecule has 1 atom stereocenters. The van der Waals surface area contributed by atoms with Crippen molar-refractivity contribution in [2.24, 2.45) is 0 Å².